The predicted molar refractivity (Wildman–Crippen MR) is 90.8 cm³/mol. The second-order valence-electron chi connectivity index (χ2n) is 9.52. The van der Waals surface area contributed by atoms with Gasteiger partial charge >= 0.3 is 0 Å². The summed E-state index contributed by atoms with van der Waals surface area (Å²) in [5.41, 5.74) is 1.11. The highest BCUT2D eigenvalue weighted by Crippen LogP contribution is 2.70. The molecule has 4 rings (SSSR count). The van der Waals surface area contributed by atoms with E-state index in [9.17, 15) is 9.59 Å². The number of carbonyl (C=O) groups excluding carboxylic acids is 2. The molecule has 23 heavy (non-hydrogen) atoms. The van der Waals surface area contributed by atoms with Gasteiger partial charge in [-0.2, -0.15) is 0 Å². The van der Waals surface area contributed by atoms with E-state index in [0.717, 1.165) is 19.3 Å². The average Bonchev–Trinajstić information content (AvgIpc) is 2.95. The molecule has 0 N–H and O–H groups in total. The summed E-state index contributed by atoms with van der Waals surface area (Å²) in [7, 11) is 0. The van der Waals surface area contributed by atoms with Crippen LogP contribution in [0.4, 0.5) is 0 Å². The zero-order chi connectivity index (χ0) is 16.8. The summed E-state index contributed by atoms with van der Waals surface area (Å²) in [6, 6.07) is 0. The van der Waals surface area contributed by atoms with Crippen LogP contribution in [0, 0.1) is 39.9 Å². The largest absolute Gasteiger partial charge is 0.299 e. The second kappa shape index (κ2) is 4.37. The lowest BCUT2D eigenvalue weighted by molar-refractivity contribution is -0.154. The van der Waals surface area contributed by atoms with E-state index in [0.29, 0.717) is 42.2 Å². The zero-order valence-corrected chi connectivity index (χ0v) is 15.2. The summed E-state index contributed by atoms with van der Waals surface area (Å²) >= 11 is 0. The maximum absolute atomic E-state index is 13.5. The van der Waals surface area contributed by atoms with Crippen molar-refractivity contribution in [3.05, 3.63) is 11.6 Å². The monoisotopic (exact) mass is 314 g/mol. The summed E-state index contributed by atoms with van der Waals surface area (Å²) in [6.45, 7) is 11.2. The summed E-state index contributed by atoms with van der Waals surface area (Å²) < 4.78 is 0. The molecule has 0 spiro atoms. The summed E-state index contributed by atoms with van der Waals surface area (Å²) in [6.07, 6.45) is 6.94. The molecule has 3 fully saturated rings. The van der Waals surface area contributed by atoms with E-state index in [1.165, 1.54) is 5.57 Å². The first-order valence-electron chi connectivity index (χ1n) is 9.46. The fourth-order valence-electron chi connectivity index (χ4n) is 6.87. The molecule has 0 saturated heterocycles. The third kappa shape index (κ3) is 1.56. The van der Waals surface area contributed by atoms with E-state index in [-0.39, 0.29) is 16.7 Å². The molecule has 1 unspecified atom stereocenters. The Morgan fingerprint density at radius 1 is 1.09 bits per heavy atom. The van der Waals surface area contributed by atoms with Crippen molar-refractivity contribution in [2.24, 2.45) is 39.9 Å². The molecule has 126 valence electrons. The molecule has 0 aromatic carbocycles. The van der Waals surface area contributed by atoms with Crippen LogP contribution < -0.4 is 0 Å². The van der Waals surface area contributed by atoms with Gasteiger partial charge in [0.25, 0.3) is 0 Å². The zero-order valence-electron chi connectivity index (χ0n) is 15.2. The molecule has 2 heteroatoms. The molecule has 3 saturated carbocycles. The SMILES string of the molecule is C[C@@H]1C=C2[C@H](C)[C@@]1(C)CC(=O)[C@@]1(C)C3C(=O)CC[C@@]23CC[C@H]1C. The standard InChI is InChI=1S/C21H30O2/c1-12-6-8-21-9-7-16(22)18(21)20(12,5)17(23)11-19(4)13(2)10-15(21)14(19)3/h10,12-14,18H,6-9,11H2,1-5H3/t12-,13-,14+,18?,19+,20+,21+/m1/s1. The number of carbonyl (C=O) groups is 2. The Balaban J connectivity index is 2.00. The van der Waals surface area contributed by atoms with E-state index >= 15 is 0 Å². The van der Waals surface area contributed by atoms with Crippen LogP contribution in [-0.4, -0.2) is 11.6 Å². The third-order valence-corrected chi connectivity index (χ3v) is 8.98. The Morgan fingerprint density at radius 3 is 2.48 bits per heavy atom. The van der Waals surface area contributed by atoms with E-state index in [1.54, 1.807) is 0 Å². The number of allylic oxidation sites excluding steroid dienone is 2. The first-order chi connectivity index (χ1) is 10.7. The van der Waals surface area contributed by atoms with Crippen molar-refractivity contribution in [2.75, 3.05) is 0 Å². The lowest BCUT2D eigenvalue weighted by atomic mass is 9.45. The van der Waals surface area contributed by atoms with Crippen molar-refractivity contribution in [3.8, 4) is 0 Å². The Hall–Kier alpha value is -0.920. The Morgan fingerprint density at radius 2 is 1.78 bits per heavy atom. The van der Waals surface area contributed by atoms with Crippen LogP contribution in [-0.2, 0) is 9.59 Å². The Bertz CT molecular complexity index is 632. The fraction of sp³-hybridized carbons (Fsp3) is 0.810. The van der Waals surface area contributed by atoms with Gasteiger partial charge in [-0.05, 0) is 42.4 Å². The van der Waals surface area contributed by atoms with E-state index in [1.807, 2.05) is 0 Å². The molecule has 2 nitrogen and oxygen atoms in total. The van der Waals surface area contributed by atoms with Crippen LogP contribution in [0.15, 0.2) is 11.6 Å². The normalized spacial score (nSPS) is 55.3. The number of hydrogen-bond donors (Lipinski definition) is 0. The minimum Gasteiger partial charge on any atom is -0.299 e. The van der Waals surface area contributed by atoms with Crippen LogP contribution in [0.3, 0.4) is 0 Å². The van der Waals surface area contributed by atoms with Crippen LogP contribution in [0.1, 0.15) is 66.7 Å². The maximum atomic E-state index is 13.5. The average molecular weight is 314 g/mol. The minimum absolute atomic E-state index is 0.0140. The van der Waals surface area contributed by atoms with Crippen LogP contribution in [0.25, 0.3) is 0 Å². The molecule has 4 aliphatic rings. The number of fused-ring (bicyclic) bond motifs is 2. The van der Waals surface area contributed by atoms with Crippen LogP contribution in [0.2, 0.25) is 0 Å². The van der Waals surface area contributed by atoms with E-state index in [4.69, 9.17) is 0 Å². The molecule has 4 aliphatic carbocycles. The van der Waals surface area contributed by atoms with Gasteiger partial charge in [0, 0.05) is 29.6 Å². The lowest BCUT2D eigenvalue weighted by Crippen LogP contribution is -2.57. The molecule has 0 aromatic heterocycles. The smallest absolute Gasteiger partial charge is 0.140 e. The van der Waals surface area contributed by atoms with Gasteiger partial charge in [-0.1, -0.05) is 46.3 Å². The number of Topliss-reactive ketones (excluding diaryl/α,β-unsaturated/α-hetero) is 2. The quantitative estimate of drug-likeness (QED) is 0.613. The molecule has 0 aromatic rings. The fourth-order valence-corrected chi connectivity index (χ4v) is 6.87. The molecule has 0 heterocycles. The molecule has 0 amide bonds. The van der Waals surface area contributed by atoms with E-state index < -0.39 is 5.41 Å². The maximum Gasteiger partial charge on any atom is 0.140 e. The van der Waals surface area contributed by atoms with Gasteiger partial charge in [-0.15, -0.1) is 0 Å². The van der Waals surface area contributed by atoms with Gasteiger partial charge in [-0.3, -0.25) is 9.59 Å². The summed E-state index contributed by atoms with van der Waals surface area (Å²) in [4.78, 5) is 26.4. The van der Waals surface area contributed by atoms with E-state index in [2.05, 4.69) is 40.7 Å². The summed E-state index contributed by atoms with van der Waals surface area (Å²) in [5, 5.41) is 0. The number of ketones is 2. The van der Waals surface area contributed by atoms with Gasteiger partial charge in [0.2, 0.25) is 0 Å². The molecular weight excluding hydrogens is 284 g/mol. The molecule has 0 radical (unpaired) electrons. The highest BCUT2D eigenvalue weighted by Gasteiger charge is 2.68. The molecule has 7 atom stereocenters. The first-order valence-corrected chi connectivity index (χ1v) is 9.46. The topological polar surface area (TPSA) is 34.1 Å². The Labute approximate surface area is 140 Å². The van der Waals surface area contributed by atoms with Crippen molar-refractivity contribution < 1.29 is 9.59 Å². The predicted octanol–water partition coefficient (Wildman–Crippen LogP) is 4.58. The van der Waals surface area contributed by atoms with Crippen LogP contribution in [0.5, 0.6) is 0 Å². The van der Waals surface area contributed by atoms with Crippen LogP contribution >= 0.6 is 0 Å². The molecular formula is C21H30O2. The first kappa shape index (κ1) is 15.6. The third-order valence-electron chi connectivity index (χ3n) is 8.98. The molecule has 4 bridgehead atoms. The van der Waals surface area contributed by atoms with Crippen molar-refractivity contribution >= 4 is 11.6 Å². The van der Waals surface area contributed by atoms with Crippen molar-refractivity contribution in [1.29, 1.82) is 0 Å². The van der Waals surface area contributed by atoms with Gasteiger partial charge in [0.15, 0.2) is 0 Å². The lowest BCUT2D eigenvalue weighted by Gasteiger charge is -2.56. The van der Waals surface area contributed by atoms with Crippen molar-refractivity contribution in [3.63, 3.8) is 0 Å². The van der Waals surface area contributed by atoms with Gasteiger partial charge < -0.3 is 0 Å². The number of hydrogen-bond acceptors (Lipinski definition) is 2. The minimum atomic E-state index is -0.448. The highest BCUT2D eigenvalue weighted by molar-refractivity contribution is 5.96. The second-order valence-corrected chi connectivity index (χ2v) is 9.52. The Kier molecular flexibility index (Phi) is 2.97. The van der Waals surface area contributed by atoms with Gasteiger partial charge in [0.1, 0.15) is 11.6 Å². The van der Waals surface area contributed by atoms with Gasteiger partial charge in [0.05, 0.1) is 0 Å². The highest BCUT2D eigenvalue weighted by atomic mass is 16.1. The summed E-state index contributed by atoms with van der Waals surface area (Å²) in [5.74, 6) is 1.85. The van der Waals surface area contributed by atoms with Crippen molar-refractivity contribution in [1.82, 2.24) is 0 Å². The molecule has 0 aliphatic heterocycles. The van der Waals surface area contributed by atoms with Gasteiger partial charge in [-0.25, -0.2) is 0 Å². The van der Waals surface area contributed by atoms with Crippen molar-refractivity contribution in [2.45, 2.75) is 66.7 Å². The number of rotatable bonds is 0.